The first-order valence-corrected chi connectivity index (χ1v) is 8.25. The molecule has 0 bridgehead atoms. The summed E-state index contributed by atoms with van der Waals surface area (Å²) in [5.74, 6) is -0.217. The summed E-state index contributed by atoms with van der Waals surface area (Å²) in [5.41, 5.74) is 0.431. The van der Waals surface area contributed by atoms with E-state index in [4.69, 9.17) is 27.9 Å². The van der Waals surface area contributed by atoms with E-state index in [9.17, 15) is 9.59 Å². The number of hydrogen-bond donors (Lipinski definition) is 2. The van der Waals surface area contributed by atoms with Gasteiger partial charge < -0.3 is 15.0 Å². The van der Waals surface area contributed by atoms with Gasteiger partial charge in [-0.2, -0.15) is 0 Å². The number of nitrogens with one attached hydrogen (secondary N) is 2. The molecule has 128 valence electrons. The van der Waals surface area contributed by atoms with Gasteiger partial charge in [0.15, 0.2) is 0 Å². The molecule has 1 fully saturated rings. The van der Waals surface area contributed by atoms with Crippen LogP contribution in [0.1, 0.15) is 6.42 Å². The van der Waals surface area contributed by atoms with Crippen molar-refractivity contribution >= 4 is 46.7 Å². The van der Waals surface area contributed by atoms with Crippen LogP contribution in [-0.2, 0) is 14.3 Å². The van der Waals surface area contributed by atoms with Crippen LogP contribution in [0.25, 0.3) is 0 Å². The van der Waals surface area contributed by atoms with Gasteiger partial charge in [0.05, 0.1) is 30.3 Å². The van der Waals surface area contributed by atoms with Crippen molar-refractivity contribution in [2.45, 2.75) is 12.5 Å². The molecule has 24 heavy (non-hydrogen) atoms. The normalized spacial score (nSPS) is 21.1. The Morgan fingerprint density at radius 3 is 2.79 bits per heavy atom. The highest BCUT2D eigenvalue weighted by molar-refractivity contribution is 6.36. The van der Waals surface area contributed by atoms with Crippen molar-refractivity contribution in [3.05, 3.63) is 28.2 Å². The zero-order valence-electron chi connectivity index (χ0n) is 12.7. The summed E-state index contributed by atoms with van der Waals surface area (Å²) in [6, 6.07) is 3.97. The maximum absolute atomic E-state index is 12.4. The summed E-state index contributed by atoms with van der Waals surface area (Å²) in [6.45, 7) is 2.37. The van der Waals surface area contributed by atoms with Crippen molar-refractivity contribution < 1.29 is 14.3 Å². The molecule has 2 heterocycles. The number of aliphatic imine (C=N–C) groups is 1. The van der Waals surface area contributed by atoms with Crippen molar-refractivity contribution in [2.24, 2.45) is 4.99 Å². The van der Waals surface area contributed by atoms with Crippen LogP contribution >= 0.6 is 23.2 Å². The van der Waals surface area contributed by atoms with Gasteiger partial charge in [-0.3, -0.25) is 14.9 Å². The quantitative estimate of drug-likeness (QED) is 0.826. The molecule has 1 saturated heterocycles. The minimum atomic E-state index is -0.802. The van der Waals surface area contributed by atoms with Gasteiger partial charge in [-0.15, -0.1) is 0 Å². The number of benzene rings is 1. The lowest BCUT2D eigenvalue weighted by Gasteiger charge is -2.32. The zero-order valence-corrected chi connectivity index (χ0v) is 14.2. The number of carbonyl (C=O) groups excluding carboxylic acids is 2. The Morgan fingerprint density at radius 1 is 1.33 bits per heavy atom. The van der Waals surface area contributed by atoms with Gasteiger partial charge in [0.1, 0.15) is 6.04 Å². The molecule has 3 rings (SSSR count). The third-order valence-electron chi connectivity index (χ3n) is 3.71. The lowest BCUT2D eigenvalue weighted by Crippen LogP contribution is -2.53. The second-order valence-electron chi connectivity index (χ2n) is 5.43. The Bertz CT molecular complexity index is 689. The van der Waals surface area contributed by atoms with E-state index < -0.39 is 6.04 Å². The Balaban J connectivity index is 1.74. The summed E-state index contributed by atoms with van der Waals surface area (Å²) in [4.78, 5) is 30.6. The lowest BCUT2D eigenvalue weighted by atomic mass is 10.1. The first-order valence-electron chi connectivity index (χ1n) is 7.49. The maximum atomic E-state index is 12.4. The van der Waals surface area contributed by atoms with Gasteiger partial charge >= 0.3 is 0 Å². The standard InChI is InChI=1S/C15H16Cl2N4O3/c16-9-1-2-11(10(17)7-9)18-14(23)12-8-13(22)20-15(19-12)21-3-5-24-6-4-21/h1-2,7,12H,3-6,8H2,(H,18,23)(H,19,20,22)/t12-/m0/s1. The van der Waals surface area contributed by atoms with Crippen molar-refractivity contribution in [3.8, 4) is 0 Å². The van der Waals surface area contributed by atoms with E-state index in [1.54, 1.807) is 12.1 Å². The fourth-order valence-electron chi connectivity index (χ4n) is 2.47. The first-order chi connectivity index (χ1) is 11.5. The molecule has 1 aromatic carbocycles. The fraction of sp³-hybridized carbons (Fsp3) is 0.400. The van der Waals surface area contributed by atoms with E-state index in [1.807, 2.05) is 4.90 Å². The van der Waals surface area contributed by atoms with Crippen LogP contribution in [0.2, 0.25) is 10.0 Å². The number of halogens is 2. The summed E-state index contributed by atoms with van der Waals surface area (Å²) in [6.07, 6.45) is -0.00905. The van der Waals surface area contributed by atoms with E-state index in [1.165, 1.54) is 6.07 Å². The smallest absolute Gasteiger partial charge is 0.249 e. The number of nitrogens with zero attached hydrogens (tertiary/aromatic N) is 2. The molecule has 2 amide bonds. The molecule has 0 aromatic heterocycles. The van der Waals surface area contributed by atoms with Crippen LogP contribution in [0.4, 0.5) is 5.69 Å². The van der Waals surface area contributed by atoms with Crippen LogP contribution in [0.15, 0.2) is 23.2 Å². The van der Waals surface area contributed by atoms with E-state index >= 15 is 0 Å². The van der Waals surface area contributed by atoms with Gasteiger partial charge in [-0.25, -0.2) is 4.99 Å². The average Bonchev–Trinajstić information content (AvgIpc) is 2.57. The molecular weight excluding hydrogens is 355 g/mol. The van der Waals surface area contributed by atoms with Crippen LogP contribution in [0.3, 0.4) is 0 Å². The largest absolute Gasteiger partial charge is 0.378 e. The number of carbonyl (C=O) groups is 2. The molecule has 7 nitrogen and oxygen atoms in total. The summed E-state index contributed by atoms with van der Waals surface area (Å²) in [5, 5.41) is 6.20. The SMILES string of the molecule is O=C1C[C@@H](C(=O)Nc2ccc(Cl)cc2Cl)N=C(N2CCOCC2)N1. The predicted molar refractivity (Wildman–Crippen MR) is 91.5 cm³/mol. The number of hydrogen-bond acceptors (Lipinski definition) is 5. The monoisotopic (exact) mass is 370 g/mol. The molecular formula is C15H16Cl2N4O3. The predicted octanol–water partition coefficient (Wildman–Crippen LogP) is 1.51. The number of anilines is 1. The number of amides is 2. The molecule has 0 unspecified atom stereocenters. The second-order valence-corrected chi connectivity index (χ2v) is 6.28. The Labute approximate surface area is 149 Å². The third kappa shape index (κ3) is 3.98. The van der Waals surface area contributed by atoms with Crippen LogP contribution in [-0.4, -0.2) is 55.0 Å². The van der Waals surface area contributed by atoms with Gasteiger partial charge in [0, 0.05) is 18.1 Å². The Hall–Kier alpha value is -1.83. The topological polar surface area (TPSA) is 83.0 Å². The minimum absolute atomic E-state index is 0.00905. The van der Waals surface area contributed by atoms with E-state index in [0.29, 0.717) is 48.0 Å². The average molecular weight is 371 g/mol. The highest BCUT2D eigenvalue weighted by atomic mass is 35.5. The fourth-order valence-corrected chi connectivity index (χ4v) is 2.93. The van der Waals surface area contributed by atoms with E-state index in [-0.39, 0.29) is 18.2 Å². The van der Waals surface area contributed by atoms with Gasteiger partial charge in [0.25, 0.3) is 0 Å². The van der Waals surface area contributed by atoms with Crippen LogP contribution in [0, 0.1) is 0 Å². The van der Waals surface area contributed by atoms with Gasteiger partial charge in [0.2, 0.25) is 17.8 Å². The van der Waals surface area contributed by atoms with Gasteiger partial charge in [-0.1, -0.05) is 23.2 Å². The maximum Gasteiger partial charge on any atom is 0.249 e. The van der Waals surface area contributed by atoms with Crippen molar-refractivity contribution in [1.29, 1.82) is 0 Å². The summed E-state index contributed by atoms with van der Waals surface area (Å²) in [7, 11) is 0. The lowest BCUT2D eigenvalue weighted by molar-refractivity contribution is -0.125. The molecule has 9 heteroatoms. The highest BCUT2D eigenvalue weighted by Gasteiger charge is 2.30. The van der Waals surface area contributed by atoms with Crippen molar-refractivity contribution in [1.82, 2.24) is 10.2 Å². The number of guanidine groups is 1. The number of ether oxygens (including phenoxy) is 1. The number of morpholine rings is 1. The molecule has 2 aliphatic heterocycles. The van der Waals surface area contributed by atoms with E-state index in [0.717, 1.165) is 0 Å². The molecule has 2 N–H and O–H groups in total. The van der Waals surface area contributed by atoms with Crippen molar-refractivity contribution in [3.63, 3.8) is 0 Å². The van der Waals surface area contributed by atoms with E-state index in [2.05, 4.69) is 15.6 Å². The number of rotatable bonds is 2. The van der Waals surface area contributed by atoms with Crippen LogP contribution < -0.4 is 10.6 Å². The van der Waals surface area contributed by atoms with Crippen LogP contribution in [0.5, 0.6) is 0 Å². The summed E-state index contributed by atoms with van der Waals surface area (Å²) < 4.78 is 5.28. The highest BCUT2D eigenvalue weighted by Crippen LogP contribution is 2.26. The first kappa shape index (κ1) is 17.0. The molecule has 0 spiro atoms. The Morgan fingerprint density at radius 2 is 2.08 bits per heavy atom. The zero-order chi connectivity index (χ0) is 17.1. The van der Waals surface area contributed by atoms with Gasteiger partial charge in [-0.05, 0) is 18.2 Å². The molecule has 0 saturated carbocycles. The van der Waals surface area contributed by atoms with Crippen molar-refractivity contribution in [2.75, 3.05) is 31.6 Å². The molecule has 1 aromatic rings. The molecule has 1 atom stereocenters. The second kappa shape index (κ2) is 7.38. The third-order valence-corrected chi connectivity index (χ3v) is 4.26. The molecule has 2 aliphatic rings. The Kier molecular flexibility index (Phi) is 5.23. The molecule has 0 aliphatic carbocycles. The molecule has 0 radical (unpaired) electrons. The summed E-state index contributed by atoms with van der Waals surface area (Å²) >= 11 is 11.9. The minimum Gasteiger partial charge on any atom is -0.378 e.